The summed E-state index contributed by atoms with van der Waals surface area (Å²) >= 11 is 0. The van der Waals surface area contributed by atoms with Gasteiger partial charge in [-0.1, -0.05) is 114 Å². The average molecular weight is 553 g/mol. The van der Waals surface area contributed by atoms with Gasteiger partial charge in [-0.2, -0.15) is 0 Å². The monoisotopic (exact) mass is 552 g/mol. The van der Waals surface area contributed by atoms with E-state index in [1.807, 2.05) is 12.1 Å². The zero-order chi connectivity index (χ0) is 28.9. The van der Waals surface area contributed by atoms with Crippen LogP contribution in [0.15, 0.2) is 54.6 Å². The molecule has 2 aromatic rings. The molecule has 0 saturated carbocycles. The maximum atomic E-state index is 12.7. The Morgan fingerprint density at radius 3 is 2.02 bits per heavy atom. The maximum Gasteiger partial charge on any atom is 0.314 e. The molecule has 2 rings (SSSR count). The number of rotatable bonds is 23. The van der Waals surface area contributed by atoms with Crippen molar-refractivity contribution in [1.82, 2.24) is 0 Å². The van der Waals surface area contributed by atoms with Gasteiger partial charge >= 0.3 is 5.97 Å². The molecule has 40 heavy (non-hydrogen) atoms. The molecule has 1 atom stereocenters. The van der Waals surface area contributed by atoms with Gasteiger partial charge < -0.3 is 14.0 Å². The Morgan fingerprint density at radius 2 is 1.35 bits per heavy atom. The minimum atomic E-state index is -0.0757. The minimum absolute atomic E-state index is 0.0673. The fourth-order valence-electron chi connectivity index (χ4n) is 5.40. The van der Waals surface area contributed by atoms with Gasteiger partial charge in [0.15, 0.2) is 0 Å². The van der Waals surface area contributed by atoms with Crippen molar-refractivity contribution in [3.63, 3.8) is 0 Å². The van der Waals surface area contributed by atoms with E-state index in [0.717, 1.165) is 49.0 Å². The van der Waals surface area contributed by atoms with E-state index in [0.29, 0.717) is 13.2 Å². The standard InChI is InChI=1S/C36H58NO3/c1-5-7-8-9-10-11-12-13-14-16-22-32-25-21-26-35(29-32)39-27-19-20-28-40-36(38)34(6-2)31-37(3,4)30-33-23-17-15-18-24-33/h15,17-18,21,23-26,29,34H,5-14,16,19-20,22,27-28,30-31H2,1-4H3/q+1. The summed E-state index contributed by atoms with van der Waals surface area (Å²) in [6.45, 7) is 7.15. The highest BCUT2D eigenvalue weighted by Gasteiger charge is 2.27. The number of quaternary nitrogens is 1. The van der Waals surface area contributed by atoms with E-state index < -0.39 is 0 Å². The smallest absolute Gasteiger partial charge is 0.314 e. The molecular formula is C36H58NO3+. The van der Waals surface area contributed by atoms with Gasteiger partial charge in [-0.05, 0) is 49.8 Å². The van der Waals surface area contributed by atoms with Crippen LogP contribution in [0.4, 0.5) is 0 Å². The van der Waals surface area contributed by atoms with E-state index in [4.69, 9.17) is 9.47 Å². The van der Waals surface area contributed by atoms with Crippen molar-refractivity contribution in [2.45, 2.75) is 110 Å². The highest BCUT2D eigenvalue weighted by molar-refractivity contribution is 5.72. The maximum absolute atomic E-state index is 12.7. The first-order chi connectivity index (χ1) is 19.4. The molecular weight excluding hydrogens is 494 g/mol. The zero-order valence-electron chi connectivity index (χ0n) is 26.2. The lowest BCUT2D eigenvalue weighted by atomic mass is 10.0. The Balaban J connectivity index is 1.55. The predicted molar refractivity (Wildman–Crippen MR) is 169 cm³/mol. The largest absolute Gasteiger partial charge is 0.494 e. The molecule has 0 radical (unpaired) electrons. The third-order valence-electron chi connectivity index (χ3n) is 7.76. The normalized spacial score (nSPS) is 12.3. The van der Waals surface area contributed by atoms with Crippen molar-refractivity contribution in [3.05, 3.63) is 65.7 Å². The van der Waals surface area contributed by atoms with Crippen LogP contribution in [-0.2, 0) is 22.5 Å². The number of ether oxygens (including phenoxy) is 2. The van der Waals surface area contributed by atoms with Crippen LogP contribution >= 0.6 is 0 Å². The highest BCUT2D eigenvalue weighted by Crippen LogP contribution is 2.18. The SMILES string of the molecule is CCCCCCCCCCCCc1cccc(OCCCCOC(=O)C(CC)C[N+](C)(C)Cc2ccccc2)c1. The van der Waals surface area contributed by atoms with Crippen molar-refractivity contribution in [2.75, 3.05) is 33.9 Å². The Bertz CT molecular complexity index is 911. The Morgan fingerprint density at radius 1 is 0.725 bits per heavy atom. The van der Waals surface area contributed by atoms with Crippen LogP contribution in [0.5, 0.6) is 5.75 Å². The lowest BCUT2D eigenvalue weighted by Crippen LogP contribution is -2.44. The zero-order valence-corrected chi connectivity index (χ0v) is 26.2. The van der Waals surface area contributed by atoms with Gasteiger partial charge in [0.2, 0.25) is 0 Å². The molecule has 0 N–H and O–H groups in total. The molecule has 0 amide bonds. The fraction of sp³-hybridized carbons (Fsp3) is 0.639. The Hall–Kier alpha value is -2.33. The summed E-state index contributed by atoms with van der Waals surface area (Å²) in [5.74, 6) is 0.807. The second-order valence-electron chi connectivity index (χ2n) is 12.2. The summed E-state index contributed by atoms with van der Waals surface area (Å²) < 4.78 is 12.4. The third-order valence-corrected chi connectivity index (χ3v) is 7.76. The average Bonchev–Trinajstić information content (AvgIpc) is 2.95. The van der Waals surface area contributed by atoms with Gasteiger partial charge in [-0.25, -0.2) is 0 Å². The van der Waals surface area contributed by atoms with Crippen molar-refractivity contribution in [2.24, 2.45) is 5.92 Å². The number of carbonyl (C=O) groups is 1. The Kier molecular flexibility index (Phi) is 17.4. The molecule has 1 unspecified atom stereocenters. The van der Waals surface area contributed by atoms with Gasteiger partial charge in [-0.3, -0.25) is 4.79 Å². The van der Waals surface area contributed by atoms with Gasteiger partial charge in [0.1, 0.15) is 18.2 Å². The molecule has 4 heteroatoms. The molecule has 224 valence electrons. The summed E-state index contributed by atoms with van der Waals surface area (Å²) in [7, 11) is 4.37. The van der Waals surface area contributed by atoms with Crippen LogP contribution in [0.3, 0.4) is 0 Å². The van der Waals surface area contributed by atoms with E-state index in [9.17, 15) is 4.79 Å². The number of aryl methyl sites for hydroxylation is 1. The summed E-state index contributed by atoms with van der Waals surface area (Å²) in [4.78, 5) is 12.7. The van der Waals surface area contributed by atoms with Gasteiger partial charge in [0.05, 0.1) is 33.9 Å². The van der Waals surface area contributed by atoms with Crippen molar-refractivity contribution < 1.29 is 18.8 Å². The topological polar surface area (TPSA) is 35.5 Å². The number of esters is 1. The van der Waals surface area contributed by atoms with Crippen molar-refractivity contribution in [1.29, 1.82) is 0 Å². The fourth-order valence-corrected chi connectivity index (χ4v) is 5.40. The van der Waals surface area contributed by atoms with Crippen LogP contribution in [0.2, 0.25) is 0 Å². The summed E-state index contributed by atoms with van der Waals surface area (Å²) in [5.41, 5.74) is 2.66. The summed E-state index contributed by atoms with van der Waals surface area (Å²) in [6.07, 6.45) is 17.3. The Labute approximate surface area is 246 Å². The molecule has 0 aliphatic rings. The molecule has 0 bridgehead atoms. The number of nitrogens with zero attached hydrogens (tertiary/aromatic N) is 1. The second-order valence-corrected chi connectivity index (χ2v) is 12.2. The number of carbonyl (C=O) groups excluding carboxylic acids is 1. The molecule has 0 saturated heterocycles. The van der Waals surface area contributed by atoms with Gasteiger partial charge in [0, 0.05) is 5.56 Å². The minimum Gasteiger partial charge on any atom is -0.494 e. The molecule has 0 aliphatic heterocycles. The highest BCUT2D eigenvalue weighted by atomic mass is 16.5. The van der Waals surface area contributed by atoms with Gasteiger partial charge in [-0.15, -0.1) is 0 Å². The second kappa shape index (κ2) is 20.5. The molecule has 0 fully saturated rings. The van der Waals surface area contributed by atoms with Crippen LogP contribution in [-0.4, -0.2) is 44.3 Å². The molecule has 0 heterocycles. The lowest BCUT2D eigenvalue weighted by Gasteiger charge is -2.32. The van der Waals surface area contributed by atoms with E-state index in [-0.39, 0.29) is 11.9 Å². The van der Waals surface area contributed by atoms with Crippen LogP contribution in [0.1, 0.15) is 108 Å². The predicted octanol–water partition coefficient (Wildman–Crippen LogP) is 9.16. The summed E-state index contributed by atoms with van der Waals surface area (Å²) in [5, 5.41) is 0. The molecule has 0 aromatic heterocycles. The van der Waals surface area contributed by atoms with E-state index >= 15 is 0 Å². The number of benzene rings is 2. The van der Waals surface area contributed by atoms with E-state index in [2.05, 4.69) is 70.4 Å². The van der Waals surface area contributed by atoms with E-state index in [1.165, 1.54) is 75.3 Å². The molecule has 0 spiro atoms. The van der Waals surface area contributed by atoms with Crippen molar-refractivity contribution >= 4 is 5.97 Å². The molecule has 4 nitrogen and oxygen atoms in total. The molecule has 0 aliphatic carbocycles. The van der Waals surface area contributed by atoms with Crippen molar-refractivity contribution in [3.8, 4) is 5.75 Å². The van der Waals surface area contributed by atoms with Crippen LogP contribution < -0.4 is 4.74 Å². The van der Waals surface area contributed by atoms with Crippen LogP contribution in [0.25, 0.3) is 0 Å². The van der Waals surface area contributed by atoms with Gasteiger partial charge in [0.25, 0.3) is 0 Å². The number of hydrogen-bond acceptors (Lipinski definition) is 3. The number of unbranched alkanes of at least 4 members (excludes halogenated alkanes) is 10. The van der Waals surface area contributed by atoms with Crippen LogP contribution in [0, 0.1) is 5.92 Å². The quantitative estimate of drug-likeness (QED) is 0.0783. The molecule has 2 aromatic carbocycles. The van der Waals surface area contributed by atoms with E-state index in [1.54, 1.807) is 0 Å². The number of hydrogen-bond donors (Lipinski definition) is 0. The lowest BCUT2D eigenvalue weighted by molar-refractivity contribution is -0.906. The third kappa shape index (κ3) is 15.5. The first kappa shape index (κ1) is 33.9. The first-order valence-electron chi connectivity index (χ1n) is 16.2. The summed E-state index contributed by atoms with van der Waals surface area (Å²) in [6, 6.07) is 19.0. The first-order valence-corrected chi connectivity index (χ1v) is 16.2.